The molecule has 3 amide bonds. The van der Waals surface area contributed by atoms with Crippen LogP contribution in [-0.4, -0.2) is 34.6 Å². The molecule has 7 atom stereocenters. The van der Waals surface area contributed by atoms with Crippen LogP contribution in [0.1, 0.15) is 28.3 Å². The summed E-state index contributed by atoms with van der Waals surface area (Å²) in [6.07, 6.45) is -4.09. The molecule has 4 aliphatic rings. The molecule has 0 spiro atoms. The van der Waals surface area contributed by atoms with E-state index in [0.717, 1.165) is 33.2 Å². The summed E-state index contributed by atoms with van der Waals surface area (Å²) in [5.41, 5.74) is -0.0247. The first-order valence-corrected chi connectivity index (χ1v) is 18.2. The van der Waals surface area contributed by atoms with Crippen LogP contribution in [0.2, 0.25) is 15.1 Å². The molecule has 0 unspecified atom stereocenters. The Morgan fingerprint density at radius 2 is 1.72 bits per heavy atom. The summed E-state index contributed by atoms with van der Waals surface area (Å²) in [5, 5.41) is 4.14. The van der Waals surface area contributed by atoms with Crippen molar-refractivity contribution < 1.29 is 32.3 Å². The molecule has 258 valence electrons. The van der Waals surface area contributed by atoms with Crippen molar-refractivity contribution in [1.82, 2.24) is 4.98 Å². The quantitative estimate of drug-likeness (QED) is 0.192. The van der Waals surface area contributed by atoms with Crippen LogP contribution in [0.3, 0.4) is 0 Å². The highest BCUT2D eigenvalue weighted by molar-refractivity contribution is 8.00. The molecular formula is C34H23Cl3F3N3O5S2. The number of fused-ring (bicyclic) bond motifs is 9. The minimum absolute atomic E-state index is 0.107. The largest absolute Gasteiger partial charge is 0.483 e. The predicted octanol–water partition coefficient (Wildman–Crippen LogP) is 8.11. The summed E-state index contributed by atoms with van der Waals surface area (Å²) in [4.78, 5) is 57.9. The zero-order chi connectivity index (χ0) is 35.2. The van der Waals surface area contributed by atoms with Crippen LogP contribution in [0.5, 0.6) is 5.75 Å². The molecule has 1 saturated heterocycles. The first kappa shape index (κ1) is 33.6. The zero-order valence-corrected chi connectivity index (χ0v) is 29.2. The number of halogens is 6. The van der Waals surface area contributed by atoms with Crippen LogP contribution in [0, 0.1) is 29.6 Å². The van der Waals surface area contributed by atoms with E-state index in [9.17, 15) is 32.3 Å². The predicted molar refractivity (Wildman–Crippen MR) is 184 cm³/mol. The molecule has 2 aliphatic carbocycles. The van der Waals surface area contributed by atoms with E-state index in [1.165, 1.54) is 30.0 Å². The number of aromatic amines is 1. The summed E-state index contributed by atoms with van der Waals surface area (Å²) >= 11 is 21.1. The summed E-state index contributed by atoms with van der Waals surface area (Å²) in [7, 11) is 0. The lowest BCUT2D eigenvalue weighted by Gasteiger charge is -2.43. The maximum Gasteiger partial charge on any atom is 0.416 e. The molecule has 3 aromatic carbocycles. The number of alkyl halides is 3. The number of carbonyl (C=O) groups excluding carboxylic acids is 3. The van der Waals surface area contributed by atoms with Crippen molar-refractivity contribution in [2.45, 2.75) is 28.8 Å². The lowest BCUT2D eigenvalue weighted by Crippen LogP contribution is -2.42. The highest BCUT2D eigenvalue weighted by Crippen LogP contribution is 2.69. The number of nitrogens with one attached hydrogen (secondary N) is 2. The number of hydrogen-bond donors (Lipinski definition) is 2. The van der Waals surface area contributed by atoms with Crippen molar-refractivity contribution in [3.05, 3.63) is 101 Å². The summed E-state index contributed by atoms with van der Waals surface area (Å²) in [6, 6.07) is 13.9. The van der Waals surface area contributed by atoms with Gasteiger partial charge in [0, 0.05) is 32.3 Å². The van der Waals surface area contributed by atoms with Gasteiger partial charge in [0.15, 0.2) is 6.61 Å². The number of hydrogen-bond acceptors (Lipinski definition) is 7. The van der Waals surface area contributed by atoms with Crippen LogP contribution in [0.15, 0.2) is 70.5 Å². The Morgan fingerprint density at radius 3 is 2.46 bits per heavy atom. The average molecular weight is 781 g/mol. The summed E-state index contributed by atoms with van der Waals surface area (Å²) in [6.45, 7) is -0.379. The number of imide groups is 1. The Labute approximate surface area is 305 Å². The van der Waals surface area contributed by atoms with E-state index in [4.69, 9.17) is 39.5 Å². The molecule has 2 bridgehead atoms. The van der Waals surface area contributed by atoms with Gasteiger partial charge in [0.1, 0.15) is 5.75 Å². The Morgan fingerprint density at radius 1 is 0.960 bits per heavy atom. The number of carbonyl (C=O) groups is 3. The summed E-state index contributed by atoms with van der Waals surface area (Å²) in [5.74, 6) is -3.95. The number of thiazole rings is 1. The van der Waals surface area contributed by atoms with Gasteiger partial charge in [0.2, 0.25) is 11.8 Å². The second-order valence-corrected chi connectivity index (χ2v) is 16.1. The lowest BCUT2D eigenvalue weighted by molar-refractivity contribution is -0.137. The number of nitrogens with zero attached hydrogens (tertiary/aromatic N) is 1. The van der Waals surface area contributed by atoms with E-state index in [2.05, 4.69) is 10.3 Å². The van der Waals surface area contributed by atoms with E-state index >= 15 is 0 Å². The van der Waals surface area contributed by atoms with Gasteiger partial charge in [0.05, 0.1) is 38.2 Å². The van der Waals surface area contributed by atoms with Gasteiger partial charge in [-0.3, -0.25) is 24.1 Å². The Kier molecular flexibility index (Phi) is 8.30. The molecule has 3 fully saturated rings. The van der Waals surface area contributed by atoms with Crippen LogP contribution in [0.4, 0.5) is 24.5 Å². The number of aromatic nitrogens is 1. The smallest absolute Gasteiger partial charge is 0.416 e. The third-order valence-electron chi connectivity index (χ3n) is 10.0. The maximum absolute atomic E-state index is 14.1. The molecule has 1 aromatic heterocycles. The van der Waals surface area contributed by atoms with Gasteiger partial charge in [-0.1, -0.05) is 52.2 Å². The van der Waals surface area contributed by atoms with E-state index in [1.54, 1.807) is 30.3 Å². The Bertz CT molecular complexity index is 2160. The molecule has 2 saturated carbocycles. The molecule has 50 heavy (non-hydrogen) atoms. The van der Waals surface area contributed by atoms with Gasteiger partial charge < -0.3 is 15.0 Å². The number of ether oxygens (including phenoxy) is 1. The van der Waals surface area contributed by atoms with Crippen LogP contribution >= 0.6 is 57.9 Å². The fraction of sp³-hybridized carbons (Fsp3) is 0.294. The molecule has 8 nitrogen and oxygen atoms in total. The number of H-pyrrole nitrogens is 1. The highest BCUT2D eigenvalue weighted by atomic mass is 35.5. The first-order chi connectivity index (χ1) is 23.8. The fourth-order valence-corrected chi connectivity index (χ4v) is 11.6. The van der Waals surface area contributed by atoms with Crippen molar-refractivity contribution in [2.24, 2.45) is 29.6 Å². The molecule has 8 rings (SSSR count). The lowest BCUT2D eigenvalue weighted by atomic mass is 9.68. The molecule has 0 radical (unpaired) electrons. The van der Waals surface area contributed by atoms with Gasteiger partial charge in [-0.15, -0.1) is 11.8 Å². The number of anilines is 2. The van der Waals surface area contributed by atoms with Crippen molar-refractivity contribution in [3.63, 3.8) is 0 Å². The molecule has 16 heteroatoms. The third-order valence-corrected chi connectivity index (χ3v) is 13.6. The van der Waals surface area contributed by atoms with Crippen LogP contribution in [-0.2, 0) is 20.6 Å². The molecule has 2 N–H and O–H groups in total. The highest BCUT2D eigenvalue weighted by Gasteiger charge is 2.70. The van der Waals surface area contributed by atoms with Crippen molar-refractivity contribution >= 4 is 87.0 Å². The number of rotatable bonds is 6. The molecular weight excluding hydrogens is 758 g/mol. The second-order valence-electron chi connectivity index (χ2n) is 12.7. The monoisotopic (exact) mass is 779 g/mol. The first-order valence-electron chi connectivity index (χ1n) is 15.4. The van der Waals surface area contributed by atoms with Crippen LogP contribution in [0.25, 0.3) is 0 Å². The number of amides is 3. The van der Waals surface area contributed by atoms with E-state index in [0.29, 0.717) is 38.5 Å². The van der Waals surface area contributed by atoms with Crippen molar-refractivity contribution in [2.75, 3.05) is 16.8 Å². The zero-order valence-electron chi connectivity index (χ0n) is 25.3. The average Bonchev–Trinajstić information content (AvgIpc) is 3.80. The maximum atomic E-state index is 14.1. The minimum Gasteiger partial charge on any atom is -0.483 e. The van der Waals surface area contributed by atoms with Gasteiger partial charge in [0.25, 0.3) is 5.91 Å². The normalized spacial score (nSPS) is 26.5. The third kappa shape index (κ3) is 5.52. The molecule has 2 aliphatic heterocycles. The van der Waals surface area contributed by atoms with Crippen molar-refractivity contribution in [1.29, 1.82) is 0 Å². The molecule has 4 aromatic rings. The Balaban J connectivity index is 1.13. The van der Waals surface area contributed by atoms with E-state index < -0.39 is 47.2 Å². The topological polar surface area (TPSA) is 109 Å². The fourth-order valence-electron chi connectivity index (χ4n) is 8.25. The SMILES string of the molecule is O=C(COc1ccc(Cl)cc1[C@@H]1c2sc(=O)[nH]c2S[C@@H]2[C@@H]3C[C@@H]([C@@H]4C(=O)N(c5cccc(C(F)(F)F)c5)C(=O)[C@@H]34)[C@H]12)Nc1ccc(Cl)c(Cl)c1. The van der Waals surface area contributed by atoms with Crippen molar-refractivity contribution in [3.8, 4) is 5.75 Å². The van der Waals surface area contributed by atoms with Gasteiger partial charge >= 0.3 is 11.0 Å². The number of benzene rings is 3. The standard InChI is InChI=1S/C34H23Cl3F3N3O5S2/c35-14-4-7-22(48-12-23(44)41-15-5-6-20(36)21(37)10-15)17(9-14)24-25-18-11-19(28(25)49-30-29(24)50-33(47)42-30)27-26(18)31(45)43(32(27)46)16-3-1-2-13(8-16)34(38,39)40/h1-10,18-19,24-28H,11-12H2,(H,41,44)(H,42,47)/t18-,19-,24+,25-,26+,27+,28-/m1/s1. The van der Waals surface area contributed by atoms with Gasteiger partial charge in [-0.05, 0) is 78.8 Å². The van der Waals surface area contributed by atoms with Gasteiger partial charge in [-0.25, -0.2) is 0 Å². The van der Waals surface area contributed by atoms with Gasteiger partial charge in [-0.2, -0.15) is 13.2 Å². The van der Waals surface area contributed by atoms with E-state index in [-0.39, 0.29) is 45.2 Å². The molecule has 3 heterocycles. The number of thioether (sulfide) groups is 1. The van der Waals surface area contributed by atoms with Crippen LogP contribution < -0.4 is 19.8 Å². The summed E-state index contributed by atoms with van der Waals surface area (Å²) < 4.78 is 46.8. The minimum atomic E-state index is -4.65. The second kappa shape index (κ2) is 12.3. The van der Waals surface area contributed by atoms with E-state index in [1.807, 2.05) is 0 Å². The Hall–Kier alpha value is -3.49.